The molecule has 0 saturated heterocycles. The maximum absolute atomic E-state index is 11.8. The molecule has 0 unspecified atom stereocenters. The molecule has 0 aromatic heterocycles. The van der Waals surface area contributed by atoms with Gasteiger partial charge in [0, 0.05) is 6.04 Å². The number of nitrogens with zero attached hydrogens (tertiary/aromatic N) is 1. The Morgan fingerprint density at radius 2 is 2.05 bits per heavy atom. The molecule has 1 fully saturated rings. The van der Waals surface area contributed by atoms with Crippen LogP contribution in [0.3, 0.4) is 0 Å². The van der Waals surface area contributed by atoms with Crippen LogP contribution >= 0.6 is 11.6 Å². The molecule has 0 radical (unpaired) electrons. The minimum atomic E-state index is -0.375. The molecule has 0 aliphatic heterocycles. The average molecular weight is 325 g/mol. The van der Waals surface area contributed by atoms with Gasteiger partial charge >= 0.3 is 0 Å². The summed E-state index contributed by atoms with van der Waals surface area (Å²) in [5.74, 6) is -0.649. The third kappa shape index (κ3) is 5.61. The fraction of sp³-hybridized carbons (Fsp3) is 0.357. The molecule has 0 spiro atoms. The molecule has 118 valence electrons. The van der Waals surface area contributed by atoms with E-state index in [1.807, 2.05) is 0 Å². The molecule has 1 saturated carbocycles. The van der Waals surface area contributed by atoms with E-state index in [0.29, 0.717) is 10.7 Å². The quantitative estimate of drug-likeness (QED) is 0.398. The van der Waals surface area contributed by atoms with Crippen molar-refractivity contribution in [3.8, 4) is 0 Å². The molecule has 2 amide bonds. The monoisotopic (exact) mass is 324 g/mol. The number of hydrogen-bond acceptors (Lipinski definition) is 4. The Bertz CT molecular complexity index is 587. The van der Waals surface area contributed by atoms with Crippen LogP contribution in [-0.2, 0) is 14.4 Å². The van der Waals surface area contributed by atoms with E-state index in [-0.39, 0.29) is 36.7 Å². The van der Waals surface area contributed by atoms with E-state index in [1.165, 1.54) is 0 Å². The van der Waals surface area contributed by atoms with Crippen LogP contribution in [0.2, 0.25) is 5.02 Å². The zero-order valence-electron chi connectivity index (χ0n) is 11.8. The molecule has 22 heavy (non-hydrogen) atoms. The highest BCUT2D eigenvalue weighted by Crippen LogP contribution is 2.20. The zero-order chi connectivity index (χ0) is 15.9. The summed E-state index contributed by atoms with van der Waals surface area (Å²) in [4.78, 5) is 27.9. The minimum absolute atomic E-state index is 0.0243. The number of para-hydroxylation sites is 1. The maximum atomic E-state index is 11.8. The molecule has 0 bridgehead atoms. The number of amides is 2. The van der Waals surface area contributed by atoms with Crippen LogP contribution in [0.15, 0.2) is 29.4 Å². The highest BCUT2D eigenvalue weighted by Gasteiger charge is 2.23. The van der Waals surface area contributed by atoms with Crippen molar-refractivity contribution in [2.24, 2.45) is 10.9 Å². The number of hydrogen-bond donors (Lipinski definition) is 3. The summed E-state index contributed by atoms with van der Waals surface area (Å²) < 4.78 is 0. The fourth-order valence-electron chi connectivity index (χ4n) is 1.62. The number of rotatable bonds is 7. The van der Waals surface area contributed by atoms with Crippen LogP contribution in [0.5, 0.6) is 0 Å². The lowest BCUT2D eigenvalue weighted by molar-refractivity contribution is -0.125. The van der Waals surface area contributed by atoms with Crippen molar-refractivity contribution in [3.05, 3.63) is 29.3 Å². The Labute approximate surface area is 132 Å². The predicted molar refractivity (Wildman–Crippen MR) is 83.4 cm³/mol. The van der Waals surface area contributed by atoms with Crippen molar-refractivity contribution in [2.45, 2.75) is 25.3 Å². The van der Waals surface area contributed by atoms with Gasteiger partial charge in [-0.2, -0.15) is 0 Å². The van der Waals surface area contributed by atoms with Gasteiger partial charge in [0.25, 0.3) is 5.91 Å². The maximum Gasteiger partial charge on any atom is 0.260 e. The molecule has 1 aliphatic carbocycles. The summed E-state index contributed by atoms with van der Waals surface area (Å²) in [5, 5.41) is 9.31. The molecular formula is C14H17ClN4O3. The lowest BCUT2D eigenvalue weighted by atomic mass is 10.3. The molecule has 0 atom stereocenters. The van der Waals surface area contributed by atoms with Crippen LogP contribution < -0.4 is 16.4 Å². The largest absolute Gasteiger partial charge is 0.384 e. The van der Waals surface area contributed by atoms with Crippen molar-refractivity contribution in [3.63, 3.8) is 0 Å². The van der Waals surface area contributed by atoms with E-state index in [4.69, 9.17) is 22.2 Å². The summed E-state index contributed by atoms with van der Waals surface area (Å²) in [5.41, 5.74) is 6.06. The van der Waals surface area contributed by atoms with E-state index in [2.05, 4.69) is 15.8 Å². The lowest BCUT2D eigenvalue weighted by Gasteiger charge is -2.06. The first kappa shape index (κ1) is 16.1. The normalized spacial score (nSPS) is 14.3. The van der Waals surface area contributed by atoms with Gasteiger partial charge in [-0.25, -0.2) is 0 Å². The van der Waals surface area contributed by atoms with Gasteiger partial charge in [-0.05, 0) is 25.0 Å². The number of carbonyl (C=O) groups excluding carboxylic acids is 2. The van der Waals surface area contributed by atoms with Gasteiger partial charge in [0.05, 0.1) is 17.1 Å². The van der Waals surface area contributed by atoms with Gasteiger partial charge in [-0.3, -0.25) is 9.59 Å². The van der Waals surface area contributed by atoms with Gasteiger partial charge in [0.15, 0.2) is 6.61 Å². The predicted octanol–water partition coefficient (Wildman–Crippen LogP) is 1.24. The second-order valence-corrected chi connectivity index (χ2v) is 5.31. The topological polar surface area (TPSA) is 106 Å². The SMILES string of the molecule is N/C(CC(=O)Nc1ccccc1Cl)=N/OCC(=O)NC1CC1. The Morgan fingerprint density at radius 1 is 1.32 bits per heavy atom. The molecule has 0 heterocycles. The third-order valence-corrected chi connectivity index (χ3v) is 3.14. The molecule has 7 nitrogen and oxygen atoms in total. The molecule has 1 aliphatic rings. The summed E-state index contributed by atoms with van der Waals surface area (Å²) in [7, 11) is 0. The van der Waals surface area contributed by atoms with Crippen LogP contribution in [-0.4, -0.2) is 30.3 Å². The highest BCUT2D eigenvalue weighted by atomic mass is 35.5. The Hall–Kier alpha value is -2.28. The minimum Gasteiger partial charge on any atom is -0.384 e. The number of anilines is 1. The molecular weight excluding hydrogens is 308 g/mol. The van der Waals surface area contributed by atoms with Gasteiger partial charge in [0.2, 0.25) is 5.91 Å². The second kappa shape index (κ2) is 7.65. The summed E-state index contributed by atoms with van der Waals surface area (Å²) in [6.45, 7) is -0.219. The smallest absolute Gasteiger partial charge is 0.260 e. The number of amidine groups is 1. The van der Waals surface area contributed by atoms with Crippen LogP contribution in [0.1, 0.15) is 19.3 Å². The summed E-state index contributed by atoms with van der Waals surface area (Å²) in [6, 6.07) is 7.11. The molecule has 4 N–H and O–H groups in total. The highest BCUT2D eigenvalue weighted by molar-refractivity contribution is 6.33. The van der Waals surface area contributed by atoms with Crippen molar-refractivity contribution < 1.29 is 14.4 Å². The van der Waals surface area contributed by atoms with Crippen molar-refractivity contribution in [2.75, 3.05) is 11.9 Å². The van der Waals surface area contributed by atoms with Crippen molar-refractivity contribution in [1.29, 1.82) is 0 Å². The summed E-state index contributed by atoms with van der Waals surface area (Å²) >= 11 is 5.92. The molecule has 1 aromatic rings. The molecule has 8 heteroatoms. The number of benzene rings is 1. The van der Waals surface area contributed by atoms with E-state index in [1.54, 1.807) is 24.3 Å². The first-order chi connectivity index (χ1) is 10.5. The number of carbonyl (C=O) groups is 2. The second-order valence-electron chi connectivity index (χ2n) is 4.90. The van der Waals surface area contributed by atoms with Crippen LogP contribution in [0.25, 0.3) is 0 Å². The van der Waals surface area contributed by atoms with Crippen molar-refractivity contribution >= 4 is 34.9 Å². The van der Waals surface area contributed by atoms with Gasteiger partial charge < -0.3 is 21.2 Å². The Morgan fingerprint density at radius 3 is 2.73 bits per heavy atom. The van der Waals surface area contributed by atoms with E-state index >= 15 is 0 Å². The first-order valence-electron chi connectivity index (χ1n) is 6.82. The third-order valence-electron chi connectivity index (χ3n) is 2.81. The average Bonchev–Trinajstić information content (AvgIpc) is 3.25. The Balaban J connectivity index is 1.71. The number of nitrogens with two attached hydrogens (primary N) is 1. The van der Waals surface area contributed by atoms with E-state index in [0.717, 1.165) is 12.8 Å². The van der Waals surface area contributed by atoms with Crippen LogP contribution in [0.4, 0.5) is 5.69 Å². The van der Waals surface area contributed by atoms with E-state index in [9.17, 15) is 9.59 Å². The molecule has 2 rings (SSSR count). The van der Waals surface area contributed by atoms with Gasteiger partial charge in [-0.15, -0.1) is 0 Å². The van der Waals surface area contributed by atoms with Crippen molar-refractivity contribution in [1.82, 2.24) is 5.32 Å². The zero-order valence-corrected chi connectivity index (χ0v) is 12.6. The standard InChI is InChI=1S/C14H17ClN4O3/c15-10-3-1-2-4-11(10)18-13(20)7-12(16)19-22-8-14(21)17-9-5-6-9/h1-4,9H,5-8H2,(H2,16,19)(H,17,21)(H,18,20). The van der Waals surface area contributed by atoms with Gasteiger partial charge in [0.1, 0.15) is 5.84 Å². The number of halogens is 1. The Kier molecular flexibility index (Phi) is 5.60. The van der Waals surface area contributed by atoms with Crippen LogP contribution in [0, 0.1) is 0 Å². The number of nitrogens with one attached hydrogen (secondary N) is 2. The molecule has 1 aromatic carbocycles. The lowest BCUT2D eigenvalue weighted by Crippen LogP contribution is -2.29. The summed E-state index contributed by atoms with van der Waals surface area (Å²) in [6.07, 6.45) is 1.84. The number of oxime groups is 1. The first-order valence-corrected chi connectivity index (χ1v) is 7.20. The van der Waals surface area contributed by atoms with E-state index < -0.39 is 0 Å². The fourth-order valence-corrected chi connectivity index (χ4v) is 1.81. The van der Waals surface area contributed by atoms with Gasteiger partial charge in [-0.1, -0.05) is 28.9 Å².